The first kappa shape index (κ1) is 26.8. The average Bonchev–Trinajstić information content (AvgIpc) is 3.22. The summed E-state index contributed by atoms with van der Waals surface area (Å²) >= 11 is 0. The van der Waals surface area contributed by atoms with E-state index in [1.807, 2.05) is 29.3 Å². The Labute approximate surface area is 231 Å². The van der Waals surface area contributed by atoms with Crippen LogP contribution in [-0.4, -0.2) is 60.0 Å². The van der Waals surface area contributed by atoms with E-state index in [2.05, 4.69) is 76.7 Å². The Morgan fingerprint density at radius 1 is 0.923 bits per heavy atom. The van der Waals surface area contributed by atoms with Crippen LogP contribution in [0.1, 0.15) is 56.2 Å². The molecule has 6 heteroatoms. The highest BCUT2D eigenvalue weighted by molar-refractivity contribution is 5.95. The molecule has 2 aromatic rings. The van der Waals surface area contributed by atoms with Crippen molar-refractivity contribution in [3.63, 3.8) is 0 Å². The molecule has 0 aromatic heterocycles. The Balaban J connectivity index is 1.41. The second-order valence-electron chi connectivity index (χ2n) is 10.7. The van der Waals surface area contributed by atoms with Gasteiger partial charge in [0.1, 0.15) is 0 Å². The van der Waals surface area contributed by atoms with Gasteiger partial charge in [0.2, 0.25) is 5.91 Å². The molecular formula is C33H38N4O2. The van der Waals surface area contributed by atoms with Crippen LogP contribution in [0.2, 0.25) is 0 Å². The van der Waals surface area contributed by atoms with Crippen LogP contribution >= 0.6 is 0 Å². The third-order valence-electron chi connectivity index (χ3n) is 7.91. The summed E-state index contributed by atoms with van der Waals surface area (Å²) in [5.74, 6) is 0.0514. The monoisotopic (exact) mass is 522 g/mol. The topological polar surface area (TPSA) is 65.0 Å². The molecule has 1 fully saturated rings. The molecule has 202 valence electrons. The average molecular weight is 523 g/mol. The molecule has 2 aliphatic heterocycles. The van der Waals surface area contributed by atoms with E-state index in [0.717, 1.165) is 43.3 Å². The van der Waals surface area contributed by atoms with Crippen molar-refractivity contribution in [2.24, 2.45) is 4.99 Å². The van der Waals surface area contributed by atoms with Crippen molar-refractivity contribution in [2.75, 3.05) is 26.2 Å². The van der Waals surface area contributed by atoms with Gasteiger partial charge in [-0.1, -0.05) is 78.4 Å². The Bertz CT molecular complexity index is 1240. The molecule has 1 aliphatic carbocycles. The van der Waals surface area contributed by atoms with Crippen molar-refractivity contribution in [1.82, 2.24) is 15.1 Å². The Kier molecular flexibility index (Phi) is 8.84. The number of rotatable bonds is 7. The number of carbonyl (C=O) groups is 2. The molecule has 0 saturated carbocycles. The van der Waals surface area contributed by atoms with Gasteiger partial charge < -0.3 is 10.2 Å². The van der Waals surface area contributed by atoms with Crippen LogP contribution in [0.3, 0.4) is 0 Å². The molecule has 6 nitrogen and oxygen atoms in total. The van der Waals surface area contributed by atoms with Crippen LogP contribution in [-0.2, 0) is 9.59 Å². The maximum Gasteiger partial charge on any atom is 0.251 e. The van der Waals surface area contributed by atoms with Gasteiger partial charge in [0.05, 0.1) is 6.04 Å². The van der Waals surface area contributed by atoms with E-state index in [1.165, 1.54) is 16.7 Å². The molecule has 39 heavy (non-hydrogen) atoms. The minimum absolute atomic E-state index is 0.00958. The smallest absolute Gasteiger partial charge is 0.251 e. The normalized spacial score (nSPS) is 20.1. The molecule has 0 radical (unpaired) electrons. The summed E-state index contributed by atoms with van der Waals surface area (Å²) in [5.41, 5.74) is 5.31. The van der Waals surface area contributed by atoms with Gasteiger partial charge in [-0.3, -0.25) is 19.5 Å². The van der Waals surface area contributed by atoms with E-state index in [1.54, 1.807) is 6.20 Å². The number of piperazine rings is 1. The minimum Gasteiger partial charge on any atom is -0.351 e. The lowest BCUT2D eigenvalue weighted by atomic mass is 9.94. The Morgan fingerprint density at radius 3 is 2.31 bits per heavy atom. The zero-order chi connectivity index (χ0) is 27.0. The largest absolute Gasteiger partial charge is 0.351 e. The zero-order valence-corrected chi connectivity index (χ0v) is 22.8. The van der Waals surface area contributed by atoms with Crippen LogP contribution < -0.4 is 5.32 Å². The summed E-state index contributed by atoms with van der Waals surface area (Å²) in [7, 11) is 0. The first-order chi connectivity index (χ1) is 19.1. The number of carbonyl (C=O) groups excluding carboxylic acids is 2. The van der Waals surface area contributed by atoms with E-state index < -0.39 is 0 Å². The molecule has 2 amide bonds. The quantitative estimate of drug-likeness (QED) is 0.543. The van der Waals surface area contributed by atoms with Gasteiger partial charge in [0, 0.05) is 55.8 Å². The predicted octanol–water partition coefficient (Wildman–Crippen LogP) is 5.21. The van der Waals surface area contributed by atoms with E-state index >= 15 is 0 Å². The molecule has 3 aliphatic rings. The number of allylic oxidation sites excluding steroid dienone is 3. The van der Waals surface area contributed by atoms with Gasteiger partial charge in [-0.25, -0.2) is 0 Å². The number of nitrogens with zero attached hydrogens (tertiary/aromatic N) is 3. The fraction of sp³-hybridized carbons (Fsp3) is 0.364. The maximum atomic E-state index is 13.4. The third-order valence-corrected chi connectivity index (χ3v) is 7.91. The number of aliphatic imine (C=N–C) groups is 1. The zero-order valence-electron chi connectivity index (χ0n) is 22.8. The number of amides is 2. The van der Waals surface area contributed by atoms with Crippen molar-refractivity contribution >= 4 is 18.0 Å². The second-order valence-corrected chi connectivity index (χ2v) is 10.7. The van der Waals surface area contributed by atoms with E-state index in [9.17, 15) is 9.59 Å². The summed E-state index contributed by atoms with van der Waals surface area (Å²) in [6, 6.07) is 21.0. The molecule has 5 rings (SSSR count). The van der Waals surface area contributed by atoms with Gasteiger partial charge in [0.15, 0.2) is 0 Å². The van der Waals surface area contributed by atoms with Crippen LogP contribution in [0.5, 0.6) is 0 Å². The first-order valence-electron chi connectivity index (χ1n) is 14.1. The lowest BCUT2D eigenvalue weighted by molar-refractivity contribution is -0.130. The molecule has 0 spiro atoms. The van der Waals surface area contributed by atoms with Crippen molar-refractivity contribution in [1.29, 1.82) is 0 Å². The van der Waals surface area contributed by atoms with Crippen molar-refractivity contribution in [3.8, 4) is 0 Å². The van der Waals surface area contributed by atoms with Gasteiger partial charge in [-0.15, -0.1) is 0 Å². The van der Waals surface area contributed by atoms with Crippen molar-refractivity contribution in [2.45, 2.75) is 51.1 Å². The highest BCUT2D eigenvalue weighted by atomic mass is 16.2. The number of hydrogen-bond acceptors (Lipinski definition) is 4. The molecule has 1 saturated heterocycles. The number of hydrogen-bond donors (Lipinski definition) is 1. The van der Waals surface area contributed by atoms with Crippen molar-refractivity contribution in [3.05, 3.63) is 107 Å². The predicted molar refractivity (Wildman–Crippen MR) is 156 cm³/mol. The molecule has 2 aromatic carbocycles. The van der Waals surface area contributed by atoms with Gasteiger partial charge >= 0.3 is 0 Å². The summed E-state index contributed by atoms with van der Waals surface area (Å²) in [4.78, 5) is 35.3. The van der Waals surface area contributed by atoms with Gasteiger partial charge in [0.25, 0.3) is 5.91 Å². The maximum absolute atomic E-state index is 13.4. The molecule has 1 unspecified atom stereocenters. The van der Waals surface area contributed by atoms with E-state index in [0.29, 0.717) is 26.2 Å². The highest BCUT2D eigenvalue weighted by Crippen LogP contribution is 2.32. The Morgan fingerprint density at radius 2 is 1.64 bits per heavy atom. The van der Waals surface area contributed by atoms with Crippen LogP contribution in [0.15, 0.2) is 101 Å². The summed E-state index contributed by atoms with van der Waals surface area (Å²) < 4.78 is 0. The standard InChI is InChI=1S/C33H38N4O2/c1-25-10-8-15-28(18-17-25)32(38)35-23-30-24-36(33(39)29-16-9-19-34-22-29)20-21-37(30)31(26-11-4-2-5-12-26)27-13-6-3-7-14-27/h2-7,11-14,17-19,22,30-31H,8-10,15-16,20-21,23-24H2,1H3,(H,35,38). The second kappa shape index (κ2) is 12.9. The third kappa shape index (κ3) is 6.63. The van der Waals surface area contributed by atoms with Crippen molar-refractivity contribution < 1.29 is 9.59 Å². The van der Waals surface area contributed by atoms with Gasteiger partial charge in [-0.2, -0.15) is 0 Å². The number of nitrogens with one attached hydrogen (secondary N) is 1. The molecule has 2 heterocycles. The summed E-state index contributed by atoms with van der Waals surface area (Å²) in [6.07, 6.45) is 11.9. The molecule has 1 N–H and O–H groups in total. The minimum atomic E-state index is -0.0478. The fourth-order valence-corrected chi connectivity index (χ4v) is 5.77. The Hall–Kier alpha value is -3.77. The lowest BCUT2D eigenvalue weighted by Crippen LogP contribution is -2.59. The SMILES string of the molecule is CC1=CC=C(C(=O)NCC2CN(C(=O)C3=CN=CCC3)CCN2C(c2ccccc2)c2ccccc2)CCC1. The van der Waals surface area contributed by atoms with Crippen LogP contribution in [0.4, 0.5) is 0 Å². The van der Waals surface area contributed by atoms with E-state index in [-0.39, 0.29) is 23.9 Å². The van der Waals surface area contributed by atoms with E-state index in [4.69, 9.17) is 0 Å². The van der Waals surface area contributed by atoms with Crippen LogP contribution in [0, 0.1) is 0 Å². The lowest BCUT2D eigenvalue weighted by Gasteiger charge is -2.46. The first-order valence-corrected chi connectivity index (χ1v) is 14.1. The fourth-order valence-electron chi connectivity index (χ4n) is 5.77. The van der Waals surface area contributed by atoms with Gasteiger partial charge in [-0.05, 0) is 50.2 Å². The summed E-state index contributed by atoms with van der Waals surface area (Å²) in [5, 5.41) is 3.24. The highest BCUT2D eigenvalue weighted by Gasteiger charge is 2.36. The summed E-state index contributed by atoms with van der Waals surface area (Å²) in [6.45, 7) is 4.48. The number of benzene rings is 2. The molecule has 1 atom stereocenters. The molecule has 0 bridgehead atoms. The molecular weight excluding hydrogens is 484 g/mol. The van der Waals surface area contributed by atoms with Crippen LogP contribution in [0.25, 0.3) is 0 Å².